The second-order valence-electron chi connectivity index (χ2n) is 3.49. The molecule has 1 aromatic rings. The van der Waals surface area contributed by atoms with Crippen LogP contribution in [0.4, 0.5) is 13.2 Å². The molecule has 0 radical (unpaired) electrons. The molecule has 0 unspecified atom stereocenters. The van der Waals surface area contributed by atoms with Crippen LogP contribution in [0.5, 0.6) is 0 Å². The summed E-state index contributed by atoms with van der Waals surface area (Å²) >= 11 is 11.3. The van der Waals surface area contributed by atoms with Crippen molar-refractivity contribution in [1.29, 1.82) is 0 Å². The molecular formula is C11H9Cl2F3O. The topological polar surface area (TPSA) is 20.2 Å². The van der Waals surface area contributed by atoms with Crippen LogP contribution in [0.25, 0.3) is 0 Å². The lowest BCUT2D eigenvalue weighted by Crippen LogP contribution is -2.43. The predicted molar refractivity (Wildman–Crippen MR) is 61.5 cm³/mol. The minimum atomic E-state index is -4.68. The molecule has 0 saturated carbocycles. The zero-order chi connectivity index (χ0) is 13.3. The Hall–Kier alpha value is -0.710. The highest BCUT2D eigenvalue weighted by Gasteiger charge is 2.53. The first-order valence-corrected chi connectivity index (χ1v) is 5.30. The van der Waals surface area contributed by atoms with Crippen LogP contribution in [-0.4, -0.2) is 17.9 Å². The average molecular weight is 285 g/mol. The van der Waals surface area contributed by atoms with Gasteiger partial charge in [-0.1, -0.05) is 29.3 Å². The van der Waals surface area contributed by atoms with E-state index in [1.165, 1.54) is 6.07 Å². The SMILES string of the molecule is C=C[C@](CO)(c1cc(Cl)cc(Cl)c1)C(F)(F)F. The number of alkyl halides is 3. The fraction of sp³-hybridized carbons (Fsp3) is 0.273. The van der Waals surface area contributed by atoms with Gasteiger partial charge in [-0.2, -0.15) is 13.2 Å². The Morgan fingerprint density at radius 2 is 1.65 bits per heavy atom. The summed E-state index contributed by atoms with van der Waals surface area (Å²) in [6, 6.07) is 3.53. The minimum absolute atomic E-state index is 0.0661. The lowest BCUT2D eigenvalue weighted by molar-refractivity contribution is -0.185. The second-order valence-corrected chi connectivity index (χ2v) is 4.36. The van der Waals surface area contributed by atoms with Gasteiger partial charge in [-0.05, 0) is 23.8 Å². The number of rotatable bonds is 3. The highest BCUT2D eigenvalue weighted by molar-refractivity contribution is 6.34. The molecule has 0 aromatic heterocycles. The Kier molecular flexibility index (Phi) is 4.12. The summed E-state index contributed by atoms with van der Waals surface area (Å²) in [4.78, 5) is 0. The molecule has 94 valence electrons. The van der Waals surface area contributed by atoms with E-state index >= 15 is 0 Å². The normalized spacial score (nSPS) is 15.4. The van der Waals surface area contributed by atoms with Crippen LogP contribution in [0.1, 0.15) is 5.56 Å². The summed E-state index contributed by atoms with van der Waals surface area (Å²) in [5.41, 5.74) is -2.79. The van der Waals surface area contributed by atoms with Crippen LogP contribution in [0.15, 0.2) is 30.9 Å². The Morgan fingerprint density at radius 1 is 1.18 bits per heavy atom. The summed E-state index contributed by atoms with van der Waals surface area (Å²) in [6.45, 7) is 1.98. The van der Waals surface area contributed by atoms with Crippen LogP contribution < -0.4 is 0 Å². The molecule has 0 saturated heterocycles. The summed E-state index contributed by atoms with van der Waals surface area (Å²) in [5, 5.41) is 9.20. The number of benzene rings is 1. The molecule has 17 heavy (non-hydrogen) atoms. The largest absolute Gasteiger partial charge is 0.404 e. The van der Waals surface area contributed by atoms with E-state index in [0.29, 0.717) is 6.08 Å². The van der Waals surface area contributed by atoms with E-state index in [4.69, 9.17) is 28.3 Å². The molecule has 0 aliphatic carbocycles. The predicted octanol–water partition coefficient (Wildman–Crippen LogP) is 3.97. The quantitative estimate of drug-likeness (QED) is 0.833. The smallest absolute Gasteiger partial charge is 0.395 e. The Balaban J connectivity index is 3.47. The Labute approximate surface area is 106 Å². The van der Waals surface area contributed by atoms with Crippen LogP contribution >= 0.6 is 23.2 Å². The highest BCUT2D eigenvalue weighted by atomic mass is 35.5. The van der Waals surface area contributed by atoms with Crippen molar-refractivity contribution in [2.24, 2.45) is 0 Å². The summed E-state index contributed by atoms with van der Waals surface area (Å²) in [5.74, 6) is 0. The van der Waals surface area contributed by atoms with E-state index in [2.05, 4.69) is 6.58 Å². The van der Waals surface area contributed by atoms with E-state index in [9.17, 15) is 13.2 Å². The lowest BCUT2D eigenvalue weighted by Gasteiger charge is -2.31. The van der Waals surface area contributed by atoms with Gasteiger partial charge < -0.3 is 5.11 Å². The third-order valence-electron chi connectivity index (χ3n) is 2.48. The van der Waals surface area contributed by atoms with Crippen molar-refractivity contribution in [3.05, 3.63) is 46.5 Å². The molecule has 0 aliphatic rings. The first-order valence-electron chi connectivity index (χ1n) is 4.54. The molecule has 1 rings (SSSR count). The third kappa shape index (κ3) is 2.59. The number of halogens is 5. The standard InChI is InChI=1S/C11H9Cl2F3O/c1-2-10(6-17,11(14,15)16)7-3-8(12)5-9(13)4-7/h2-5,17H,1,6H2/t10-/m0/s1. The number of hydrogen-bond acceptors (Lipinski definition) is 1. The second kappa shape index (κ2) is 4.88. The van der Waals surface area contributed by atoms with Crippen molar-refractivity contribution in [3.8, 4) is 0 Å². The van der Waals surface area contributed by atoms with E-state index in [0.717, 1.165) is 12.1 Å². The fourth-order valence-corrected chi connectivity index (χ4v) is 1.98. The molecule has 0 fully saturated rings. The van der Waals surface area contributed by atoms with Gasteiger partial charge >= 0.3 is 6.18 Å². The van der Waals surface area contributed by atoms with Crippen LogP contribution in [0.2, 0.25) is 10.0 Å². The molecule has 0 spiro atoms. The lowest BCUT2D eigenvalue weighted by atomic mass is 9.80. The molecule has 6 heteroatoms. The molecule has 1 nitrogen and oxygen atoms in total. The Morgan fingerprint density at radius 3 is 1.94 bits per heavy atom. The third-order valence-corrected chi connectivity index (χ3v) is 2.92. The van der Waals surface area contributed by atoms with Crippen molar-refractivity contribution >= 4 is 23.2 Å². The van der Waals surface area contributed by atoms with Crippen molar-refractivity contribution < 1.29 is 18.3 Å². The van der Waals surface area contributed by atoms with Gasteiger partial charge in [-0.3, -0.25) is 0 Å². The molecule has 0 bridgehead atoms. The number of aliphatic hydroxyl groups excluding tert-OH is 1. The van der Waals surface area contributed by atoms with E-state index < -0.39 is 18.2 Å². The maximum absolute atomic E-state index is 13.0. The van der Waals surface area contributed by atoms with Gasteiger partial charge in [0.15, 0.2) is 0 Å². The van der Waals surface area contributed by atoms with Gasteiger partial charge in [0.1, 0.15) is 5.41 Å². The number of aliphatic hydroxyl groups is 1. The van der Waals surface area contributed by atoms with Gasteiger partial charge in [0.2, 0.25) is 0 Å². The maximum atomic E-state index is 13.0. The summed E-state index contributed by atoms with van der Waals surface area (Å²) < 4.78 is 39.0. The van der Waals surface area contributed by atoms with Gasteiger partial charge in [0, 0.05) is 10.0 Å². The van der Waals surface area contributed by atoms with Gasteiger partial charge in [0.25, 0.3) is 0 Å². The first kappa shape index (κ1) is 14.4. The van der Waals surface area contributed by atoms with Crippen molar-refractivity contribution in [2.75, 3.05) is 6.61 Å². The summed E-state index contributed by atoms with van der Waals surface area (Å²) in [6.07, 6.45) is -4.04. The van der Waals surface area contributed by atoms with E-state index in [1.807, 2.05) is 0 Å². The van der Waals surface area contributed by atoms with Crippen LogP contribution in [-0.2, 0) is 5.41 Å². The fourth-order valence-electron chi connectivity index (χ4n) is 1.45. The first-order chi connectivity index (χ1) is 7.76. The van der Waals surface area contributed by atoms with Crippen molar-refractivity contribution in [3.63, 3.8) is 0 Å². The molecule has 0 amide bonds. The van der Waals surface area contributed by atoms with Crippen LogP contribution in [0, 0.1) is 0 Å². The van der Waals surface area contributed by atoms with Gasteiger partial charge in [-0.25, -0.2) is 0 Å². The zero-order valence-corrected chi connectivity index (χ0v) is 10.1. The minimum Gasteiger partial charge on any atom is -0.395 e. The van der Waals surface area contributed by atoms with Crippen LogP contribution in [0.3, 0.4) is 0 Å². The zero-order valence-electron chi connectivity index (χ0n) is 8.56. The maximum Gasteiger partial charge on any atom is 0.404 e. The highest BCUT2D eigenvalue weighted by Crippen LogP contribution is 2.43. The average Bonchev–Trinajstić information content (AvgIpc) is 2.16. The molecular weight excluding hydrogens is 276 g/mol. The molecule has 0 heterocycles. The molecule has 1 aromatic carbocycles. The van der Waals surface area contributed by atoms with E-state index in [1.54, 1.807) is 0 Å². The van der Waals surface area contributed by atoms with Gasteiger partial charge in [0.05, 0.1) is 6.61 Å². The number of hydrogen-bond donors (Lipinski definition) is 1. The molecule has 0 aliphatic heterocycles. The van der Waals surface area contributed by atoms with Crippen molar-refractivity contribution in [1.82, 2.24) is 0 Å². The summed E-state index contributed by atoms with van der Waals surface area (Å²) in [7, 11) is 0. The monoisotopic (exact) mass is 284 g/mol. The Bertz CT molecular complexity index is 411. The molecule has 1 N–H and O–H groups in total. The molecule has 1 atom stereocenters. The van der Waals surface area contributed by atoms with E-state index in [-0.39, 0.29) is 15.6 Å². The van der Waals surface area contributed by atoms with Gasteiger partial charge in [-0.15, -0.1) is 6.58 Å². The van der Waals surface area contributed by atoms with Crippen molar-refractivity contribution in [2.45, 2.75) is 11.6 Å².